The minimum atomic E-state index is -0.449. The summed E-state index contributed by atoms with van der Waals surface area (Å²) in [6.07, 6.45) is 6.36. The summed E-state index contributed by atoms with van der Waals surface area (Å²) in [4.78, 5) is 12.2. The Morgan fingerprint density at radius 1 is 1.38 bits per heavy atom. The molecule has 1 aliphatic rings. The molecule has 1 unspecified atom stereocenters. The Hall–Kier alpha value is -0.610. The van der Waals surface area contributed by atoms with E-state index in [9.17, 15) is 4.79 Å². The lowest BCUT2D eigenvalue weighted by atomic mass is 9.77. The van der Waals surface area contributed by atoms with E-state index in [1.165, 1.54) is 25.7 Å². The highest BCUT2D eigenvalue weighted by Crippen LogP contribution is 2.37. The van der Waals surface area contributed by atoms with Gasteiger partial charge in [0, 0.05) is 12.1 Å². The normalized spacial score (nSPS) is 28.2. The lowest BCUT2D eigenvalue weighted by molar-refractivity contribution is -0.151. The average molecular weight is 298 g/mol. The van der Waals surface area contributed by atoms with Gasteiger partial charge in [-0.1, -0.05) is 19.8 Å². The molecule has 0 saturated heterocycles. The number of ether oxygens (including phenoxy) is 1. The summed E-state index contributed by atoms with van der Waals surface area (Å²) in [5.74, 6) is 0.753. The van der Waals surface area contributed by atoms with Gasteiger partial charge in [0.25, 0.3) is 0 Å². The van der Waals surface area contributed by atoms with Crippen molar-refractivity contribution in [1.29, 1.82) is 0 Å². The summed E-state index contributed by atoms with van der Waals surface area (Å²) in [6, 6.07) is 0. The van der Waals surface area contributed by atoms with E-state index in [0.717, 1.165) is 18.8 Å². The van der Waals surface area contributed by atoms with Crippen molar-refractivity contribution < 1.29 is 9.53 Å². The van der Waals surface area contributed by atoms with Crippen molar-refractivity contribution in [2.75, 3.05) is 6.54 Å². The molecule has 4 heteroatoms. The second-order valence-corrected chi connectivity index (χ2v) is 7.62. The van der Waals surface area contributed by atoms with E-state index < -0.39 is 6.10 Å². The van der Waals surface area contributed by atoms with Crippen molar-refractivity contribution in [3.8, 4) is 0 Å². The van der Waals surface area contributed by atoms with Gasteiger partial charge in [0.15, 0.2) is 0 Å². The molecule has 124 valence electrons. The van der Waals surface area contributed by atoms with Gasteiger partial charge in [0.1, 0.15) is 6.10 Å². The maximum atomic E-state index is 12.2. The van der Waals surface area contributed by atoms with E-state index in [-0.39, 0.29) is 17.0 Å². The highest BCUT2D eigenvalue weighted by Gasteiger charge is 2.37. The molecule has 21 heavy (non-hydrogen) atoms. The Balaban J connectivity index is 2.56. The molecule has 1 fully saturated rings. The maximum absolute atomic E-state index is 12.2. The Morgan fingerprint density at radius 3 is 2.38 bits per heavy atom. The van der Waals surface area contributed by atoms with Gasteiger partial charge in [0.05, 0.1) is 5.60 Å². The summed E-state index contributed by atoms with van der Waals surface area (Å²) in [5, 5.41) is 2.97. The largest absolute Gasteiger partial charge is 0.361 e. The Morgan fingerprint density at radius 2 is 1.95 bits per heavy atom. The van der Waals surface area contributed by atoms with Crippen LogP contribution in [0.1, 0.15) is 73.1 Å². The Labute approximate surface area is 130 Å². The molecule has 1 rings (SSSR count). The highest BCUT2D eigenvalue weighted by atomic mass is 16.5. The van der Waals surface area contributed by atoms with E-state index in [1.54, 1.807) is 0 Å². The third kappa shape index (κ3) is 5.95. The highest BCUT2D eigenvalue weighted by molar-refractivity contribution is 5.81. The lowest BCUT2D eigenvalue weighted by Gasteiger charge is -2.41. The van der Waals surface area contributed by atoms with Crippen LogP contribution >= 0.6 is 0 Å². The van der Waals surface area contributed by atoms with Crippen LogP contribution in [0, 0.1) is 5.92 Å². The summed E-state index contributed by atoms with van der Waals surface area (Å²) in [6.45, 7) is 10.5. The molecule has 0 aromatic carbocycles. The van der Waals surface area contributed by atoms with E-state index >= 15 is 0 Å². The predicted molar refractivity (Wildman–Crippen MR) is 87.1 cm³/mol. The van der Waals surface area contributed by atoms with Crippen LogP contribution in [0.3, 0.4) is 0 Å². The van der Waals surface area contributed by atoms with E-state index in [0.29, 0.717) is 6.54 Å². The van der Waals surface area contributed by atoms with Gasteiger partial charge in [-0.05, 0) is 59.3 Å². The zero-order chi connectivity index (χ0) is 16.1. The standard InChI is InChI=1S/C17H34N2O2/c1-6-7-14-8-10-17(12-18,11-9-14)21-13(2)15(20)19-16(3,4)5/h13-14H,6-12,18H2,1-5H3,(H,19,20). The number of carbonyl (C=O) groups is 1. The second kappa shape index (κ2) is 7.59. The Kier molecular flexibility index (Phi) is 6.67. The molecule has 0 radical (unpaired) electrons. The van der Waals surface area contributed by atoms with E-state index in [2.05, 4.69) is 12.2 Å². The molecule has 1 atom stereocenters. The molecule has 0 spiro atoms. The van der Waals surface area contributed by atoms with Crippen molar-refractivity contribution in [2.24, 2.45) is 11.7 Å². The third-order valence-corrected chi connectivity index (χ3v) is 4.38. The van der Waals surface area contributed by atoms with Crippen LogP contribution in [0.25, 0.3) is 0 Å². The van der Waals surface area contributed by atoms with Gasteiger partial charge in [-0.15, -0.1) is 0 Å². The topological polar surface area (TPSA) is 64.3 Å². The molecule has 0 bridgehead atoms. The number of amides is 1. The third-order valence-electron chi connectivity index (χ3n) is 4.38. The first-order valence-corrected chi connectivity index (χ1v) is 8.41. The van der Waals surface area contributed by atoms with Crippen LogP contribution in [0.15, 0.2) is 0 Å². The lowest BCUT2D eigenvalue weighted by Crippen LogP contribution is -2.51. The fourth-order valence-corrected chi connectivity index (χ4v) is 3.17. The average Bonchev–Trinajstić information content (AvgIpc) is 2.39. The predicted octanol–water partition coefficient (Wildman–Crippen LogP) is 2.99. The fraction of sp³-hybridized carbons (Fsp3) is 0.941. The molecule has 3 N–H and O–H groups in total. The monoisotopic (exact) mass is 298 g/mol. The van der Waals surface area contributed by atoms with Gasteiger partial charge < -0.3 is 15.8 Å². The molecule has 4 nitrogen and oxygen atoms in total. The van der Waals surface area contributed by atoms with Crippen LogP contribution in [0.5, 0.6) is 0 Å². The summed E-state index contributed by atoms with van der Waals surface area (Å²) >= 11 is 0. The second-order valence-electron chi connectivity index (χ2n) is 7.62. The van der Waals surface area contributed by atoms with Crippen molar-refractivity contribution >= 4 is 5.91 Å². The fourth-order valence-electron chi connectivity index (χ4n) is 3.17. The number of hydrogen-bond donors (Lipinski definition) is 2. The zero-order valence-corrected chi connectivity index (χ0v) is 14.5. The van der Waals surface area contributed by atoms with E-state index in [1.807, 2.05) is 27.7 Å². The van der Waals surface area contributed by atoms with Crippen LogP contribution in [-0.4, -0.2) is 29.7 Å². The molecule has 1 amide bonds. The first-order chi connectivity index (χ1) is 9.71. The van der Waals surface area contributed by atoms with Gasteiger partial charge in [-0.25, -0.2) is 0 Å². The van der Waals surface area contributed by atoms with Gasteiger partial charge in [0.2, 0.25) is 5.91 Å². The quantitative estimate of drug-likeness (QED) is 0.792. The number of nitrogens with two attached hydrogens (primary N) is 1. The zero-order valence-electron chi connectivity index (χ0n) is 14.5. The van der Waals surface area contributed by atoms with Gasteiger partial charge in [-0.2, -0.15) is 0 Å². The molecule has 0 aromatic heterocycles. The van der Waals surface area contributed by atoms with E-state index in [4.69, 9.17) is 10.5 Å². The van der Waals surface area contributed by atoms with Crippen molar-refractivity contribution in [2.45, 2.75) is 90.4 Å². The van der Waals surface area contributed by atoms with Crippen LogP contribution in [-0.2, 0) is 9.53 Å². The summed E-state index contributed by atoms with van der Waals surface area (Å²) in [7, 11) is 0. The number of hydrogen-bond acceptors (Lipinski definition) is 3. The summed E-state index contributed by atoms with van der Waals surface area (Å²) in [5.41, 5.74) is 5.44. The minimum Gasteiger partial charge on any atom is -0.361 e. The number of nitrogens with one attached hydrogen (secondary N) is 1. The molecule has 1 aliphatic carbocycles. The molecular weight excluding hydrogens is 264 g/mol. The van der Waals surface area contributed by atoms with Crippen molar-refractivity contribution in [3.63, 3.8) is 0 Å². The molecule has 0 aliphatic heterocycles. The first-order valence-electron chi connectivity index (χ1n) is 8.41. The van der Waals surface area contributed by atoms with Crippen LogP contribution < -0.4 is 11.1 Å². The molecular formula is C17H34N2O2. The smallest absolute Gasteiger partial charge is 0.249 e. The maximum Gasteiger partial charge on any atom is 0.249 e. The van der Waals surface area contributed by atoms with Gasteiger partial charge >= 0.3 is 0 Å². The summed E-state index contributed by atoms with van der Waals surface area (Å²) < 4.78 is 6.13. The van der Waals surface area contributed by atoms with Crippen molar-refractivity contribution in [3.05, 3.63) is 0 Å². The van der Waals surface area contributed by atoms with Crippen molar-refractivity contribution in [1.82, 2.24) is 5.32 Å². The van der Waals surface area contributed by atoms with Crippen LogP contribution in [0.2, 0.25) is 0 Å². The van der Waals surface area contributed by atoms with Crippen LogP contribution in [0.4, 0.5) is 0 Å². The number of carbonyl (C=O) groups excluding carboxylic acids is 1. The van der Waals surface area contributed by atoms with Gasteiger partial charge in [-0.3, -0.25) is 4.79 Å². The Bertz CT molecular complexity index is 328. The minimum absolute atomic E-state index is 0.0500. The first kappa shape index (κ1) is 18.4. The SMILES string of the molecule is CCCC1CCC(CN)(OC(C)C(=O)NC(C)(C)C)CC1. The molecule has 0 heterocycles. The molecule has 1 saturated carbocycles. The number of rotatable bonds is 6. The molecule has 0 aromatic rings.